The first-order chi connectivity index (χ1) is 7.75. The van der Waals surface area contributed by atoms with Crippen molar-refractivity contribution in [2.45, 2.75) is 58.2 Å². The molecule has 4 nitrogen and oxygen atoms in total. The highest BCUT2D eigenvalue weighted by Crippen LogP contribution is 2.33. The number of rotatable bonds is 4. The van der Waals surface area contributed by atoms with E-state index in [0.717, 1.165) is 24.7 Å². The van der Waals surface area contributed by atoms with Crippen LogP contribution in [0.4, 0.5) is 0 Å². The molecule has 1 fully saturated rings. The fourth-order valence-corrected chi connectivity index (χ4v) is 2.69. The van der Waals surface area contributed by atoms with Crippen molar-refractivity contribution in [3.8, 4) is 0 Å². The molecule has 2 aliphatic rings. The molecule has 0 amide bonds. The fourth-order valence-electron chi connectivity index (χ4n) is 2.69. The first-order valence-corrected chi connectivity index (χ1v) is 6.43. The molecule has 88 valence electrons. The third-order valence-corrected chi connectivity index (χ3v) is 3.87. The van der Waals surface area contributed by atoms with Crippen LogP contribution < -0.4 is 5.32 Å². The van der Waals surface area contributed by atoms with Crippen LogP contribution >= 0.6 is 0 Å². The van der Waals surface area contributed by atoms with E-state index in [1.807, 2.05) is 0 Å². The van der Waals surface area contributed by atoms with E-state index >= 15 is 0 Å². The van der Waals surface area contributed by atoms with Gasteiger partial charge in [-0.3, -0.25) is 0 Å². The van der Waals surface area contributed by atoms with Gasteiger partial charge in [0.1, 0.15) is 11.6 Å². The summed E-state index contributed by atoms with van der Waals surface area (Å²) in [4.78, 5) is 0. The summed E-state index contributed by atoms with van der Waals surface area (Å²) < 4.78 is 2.29. The Morgan fingerprint density at radius 3 is 2.88 bits per heavy atom. The normalized spacial score (nSPS) is 23.1. The molecule has 0 radical (unpaired) electrons. The topological polar surface area (TPSA) is 42.7 Å². The predicted octanol–water partition coefficient (Wildman–Crippen LogP) is 1.67. The van der Waals surface area contributed by atoms with Crippen molar-refractivity contribution in [3.05, 3.63) is 11.6 Å². The zero-order valence-electron chi connectivity index (χ0n) is 10.1. The molecule has 2 heterocycles. The number of hydrogen-bond acceptors (Lipinski definition) is 3. The minimum atomic E-state index is 0.329. The third-order valence-electron chi connectivity index (χ3n) is 3.87. The number of hydrogen-bond donors (Lipinski definition) is 1. The van der Waals surface area contributed by atoms with Crippen LogP contribution in [0.3, 0.4) is 0 Å². The van der Waals surface area contributed by atoms with Crippen LogP contribution in [-0.4, -0.2) is 20.8 Å². The lowest BCUT2D eigenvalue weighted by Gasteiger charge is -2.19. The zero-order valence-corrected chi connectivity index (χ0v) is 10.1. The minimum absolute atomic E-state index is 0.329. The average molecular weight is 220 g/mol. The number of aryl methyl sites for hydroxylation is 1. The van der Waals surface area contributed by atoms with E-state index in [4.69, 9.17) is 0 Å². The molecule has 1 aliphatic heterocycles. The summed E-state index contributed by atoms with van der Waals surface area (Å²) >= 11 is 0. The van der Waals surface area contributed by atoms with Crippen molar-refractivity contribution in [3.63, 3.8) is 0 Å². The van der Waals surface area contributed by atoms with Crippen molar-refractivity contribution in [2.24, 2.45) is 5.92 Å². The average Bonchev–Trinajstić information content (AvgIpc) is 2.86. The fraction of sp³-hybridized carbons (Fsp3) is 0.833. The molecule has 0 saturated heterocycles. The van der Waals surface area contributed by atoms with Crippen LogP contribution in [-0.2, 0) is 13.0 Å². The Bertz CT molecular complexity index is 380. The second-order valence-electron chi connectivity index (χ2n) is 5.24. The Labute approximate surface area is 96.4 Å². The summed E-state index contributed by atoms with van der Waals surface area (Å²) in [5, 5.41) is 12.2. The van der Waals surface area contributed by atoms with Crippen molar-refractivity contribution in [1.82, 2.24) is 20.1 Å². The quantitative estimate of drug-likeness (QED) is 0.839. The van der Waals surface area contributed by atoms with E-state index in [1.165, 1.54) is 25.1 Å². The highest BCUT2D eigenvalue weighted by Gasteiger charge is 2.30. The highest BCUT2D eigenvalue weighted by atomic mass is 15.3. The first-order valence-electron chi connectivity index (χ1n) is 6.43. The van der Waals surface area contributed by atoms with Crippen LogP contribution in [0.5, 0.6) is 0 Å². The first kappa shape index (κ1) is 10.3. The van der Waals surface area contributed by atoms with Gasteiger partial charge in [-0.25, -0.2) is 0 Å². The molecule has 1 aromatic heterocycles. The molecule has 0 bridgehead atoms. The number of aromatic nitrogens is 3. The summed E-state index contributed by atoms with van der Waals surface area (Å²) in [5.41, 5.74) is 0. The molecule has 0 spiro atoms. The summed E-state index contributed by atoms with van der Waals surface area (Å²) in [5.74, 6) is 3.19. The van der Waals surface area contributed by atoms with Gasteiger partial charge >= 0.3 is 0 Å². The second kappa shape index (κ2) is 3.84. The van der Waals surface area contributed by atoms with Crippen LogP contribution in [0, 0.1) is 5.92 Å². The molecule has 0 aromatic carbocycles. The second-order valence-corrected chi connectivity index (χ2v) is 5.24. The largest absolute Gasteiger partial charge is 0.314 e. The van der Waals surface area contributed by atoms with Crippen LogP contribution in [0.1, 0.15) is 50.8 Å². The Morgan fingerprint density at radius 2 is 2.12 bits per heavy atom. The minimum Gasteiger partial charge on any atom is -0.314 e. The van der Waals surface area contributed by atoms with Crippen molar-refractivity contribution >= 4 is 0 Å². The molecule has 2 unspecified atom stereocenters. The lowest BCUT2D eigenvalue weighted by molar-refractivity contribution is 0.419. The number of nitrogens with zero attached hydrogens (tertiary/aromatic N) is 3. The van der Waals surface area contributed by atoms with Crippen LogP contribution in [0.25, 0.3) is 0 Å². The molecule has 1 aromatic rings. The zero-order chi connectivity index (χ0) is 11.1. The van der Waals surface area contributed by atoms with Gasteiger partial charge in [-0.05, 0) is 39.0 Å². The third kappa shape index (κ3) is 1.75. The smallest absolute Gasteiger partial charge is 0.149 e. The van der Waals surface area contributed by atoms with Gasteiger partial charge < -0.3 is 9.88 Å². The van der Waals surface area contributed by atoms with Gasteiger partial charge in [-0.15, -0.1) is 10.2 Å². The van der Waals surface area contributed by atoms with Gasteiger partial charge in [-0.1, -0.05) is 0 Å². The maximum Gasteiger partial charge on any atom is 0.149 e. The lowest BCUT2D eigenvalue weighted by Crippen LogP contribution is -2.32. The van der Waals surface area contributed by atoms with Gasteiger partial charge in [0.05, 0.1) is 6.04 Å². The van der Waals surface area contributed by atoms with Crippen LogP contribution in [0.2, 0.25) is 0 Å². The standard InChI is InChI=1S/C12H20N4/c1-8(10-5-6-10)13-9(2)12-15-14-11-4-3-7-16(11)12/h8-10,13H,3-7H2,1-2H3. The summed E-state index contributed by atoms with van der Waals surface area (Å²) in [6, 6.07) is 0.944. The van der Waals surface area contributed by atoms with Crippen molar-refractivity contribution in [1.29, 1.82) is 0 Å². The van der Waals surface area contributed by atoms with E-state index < -0.39 is 0 Å². The maximum atomic E-state index is 4.32. The predicted molar refractivity (Wildman–Crippen MR) is 62.1 cm³/mol. The Morgan fingerprint density at radius 1 is 1.31 bits per heavy atom. The molecular weight excluding hydrogens is 200 g/mol. The SMILES string of the molecule is CC(NC(C)C1CC1)c1nnc2n1CCC2. The molecule has 3 rings (SSSR count). The molecule has 16 heavy (non-hydrogen) atoms. The number of nitrogens with one attached hydrogen (secondary N) is 1. The van der Waals surface area contributed by atoms with E-state index in [-0.39, 0.29) is 0 Å². The summed E-state index contributed by atoms with van der Waals surface area (Å²) in [6.07, 6.45) is 5.10. The van der Waals surface area contributed by atoms with Crippen molar-refractivity contribution in [2.75, 3.05) is 0 Å². The van der Waals surface area contributed by atoms with Crippen molar-refractivity contribution < 1.29 is 0 Å². The molecule has 4 heteroatoms. The van der Waals surface area contributed by atoms with Crippen LogP contribution in [0.15, 0.2) is 0 Å². The lowest BCUT2D eigenvalue weighted by atomic mass is 10.2. The molecule has 1 saturated carbocycles. The Kier molecular flexibility index (Phi) is 2.46. The monoisotopic (exact) mass is 220 g/mol. The van der Waals surface area contributed by atoms with Gasteiger partial charge in [0.15, 0.2) is 0 Å². The molecule has 1 N–H and O–H groups in total. The Hall–Kier alpha value is -0.900. The molecule has 1 aliphatic carbocycles. The summed E-state index contributed by atoms with van der Waals surface area (Å²) in [7, 11) is 0. The van der Waals surface area contributed by atoms with Gasteiger partial charge in [0, 0.05) is 19.0 Å². The van der Waals surface area contributed by atoms with E-state index in [2.05, 4.69) is 33.9 Å². The Balaban J connectivity index is 1.70. The molecule has 2 atom stereocenters. The summed E-state index contributed by atoms with van der Waals surface area (Å²) in [6.45, 7) is 5.59. The van der Waals surface area contributed by atoms with Gasteiger partial charge in [0.25, 0.3) is 0 Å². The maximum absolute atomic E-state index is 4.32. The van der Waals surface area contributed by atoms with Gasteiger partial charge in [0.2, 0.25) is 0 Å². The van der Waals surface area contributed by atoms with Gasteiger partial charge in [-0.2, -0.15) is 0 Å². The van der Waals surface area contributed by atoms with E-state index in [9.17, 15) is 0 Å². The van der Waals surface area contributed by atoms with E-state index in [0.29, 0.717) is 12.1 Å². The van der Waals surface area contributed by atoms with E-state index in [1.54, 1.807) is 0 Å². The molecular formula is C12H20N4. The highest BCUT2D eigenvalue weighted by molar-refractivity contribution is 5.04. The number of fused-ring (bicyclic) bond motifs is 1.